The zero-order chi connectivity index (χ0) is 17.4. The number of Topliss-reactive ketones (excluding diaryl/α,β-unsaturated/α-hetero) is 1. The largest absolute Gasteiger partial charge is 0.545 e. The number of benzene rings is 2. The Bertz CT molecular complexity index is 970. The van der Waals surface area contributed by atoms with Crippen LogP contribution in [-0.2, 0) is 6.42 Å². The van der Waals surface area contributed by atoms with Crippen LogP contribution in [-0.4, -0.2) is 16.3 Å². The molecule has 4 rings (SSSR count). The van der Waals surface area contributed by atoms with Gasteiger partial charge < -0.3 is 14.5 Å². The van der Waals surface area contributed by atoms with Gasteiger partial charge in [-0.2, -0.15) is 0 Å². The summed E-state index contributed by atoms with van der Waals surface area (Å²) in [5.74, 6) is -1.11. The molecule has 0 spiro atoms. The van der Waals surface area contributed by atoms with E-state index in [2.05, 4.69) is 0 Å². The molecule has 1 aliphatic rings. The van der Waals surface area contributed by atoms with Crippen LogP contribution in [0.4, 0.5) is 0 Å². The number of hydrogen-bond donors (Lipinski definition) is 0. The summed E-state index contributed by atoms with van der Waals surface area (Å²) in [5, 5.41) is 11.6. The van der Waals surface area contributed by atoms with Gasteiger partial charge in [-0.25, -0.2) is 0 Å². The second-order valence-corrected chi connectivity index (χ2v) is 6.17. The highest BCUT2D eigenvalue weighted by molar-refractivity contribution is 6.00. The molecule has 0 radical (unpaired) electrons. The summed E-state index contributed by atoms with van der Waals surface area (Å²) >= 11 is 0. The summed E-state index contributed by atoms with van der Waals surface area (Å²) in [6.45, 7) is 0. The van der Waals surface area contributed by atoms with Crippen molar-refractivity contribution in [2.45, 2.75) is 19.3 Å². The van der Waals surface area contributed by atoms with Crippen molar-refractivity contribution in [1.29, 1.82) is 0 Å². The molecule has 0 unspecified atom stereocenters. The molecule has 4 heteroatoms. The van der Waals surface area contributed by atoms with E-state index in [9.17, 15) is 14.7 Å². The monoisotopic (exact) mass is 330 g/mol. The Morgan fingerprint density at radius 1 is 0.960 bits per heavy atom. The smallest absolute Gasteiger partial charge is 0.164 e. The van der Waals surface area contributed by atoms with Gasteiger partial charge in [-0.1, -0.05) is 48.5 Å². The Hall–Kier alpha value is -3.14. The number of carboxylic acids is 1. The lowest BCUT2D eigenvalue weighted by atomic mass is 9.96. The van der Waals surface area contributed by atoms with E-state index in [0.29, 0.717) is 17.7 Å². The number of carbonyl (C=O) groups excluding carboxylic acids is 2. The number of carboxylic acid groups (broad SMARTS) is 1. The highest BCUT2D eigenvalue weighted by Gasteiger charge is 2.26. The first-order valence-corrected chi connectivity index (χ1v) is 8.31. The molecule has 0 amide bonds. The summed E-state index contributed by atoms with van der Waals surface area (Å²) in [7, 11) is 0. The summed E-state index contributed by atoms with van der Waals surface area (Å²) < 4.78 is 1.91. The number of aromatic carboxylic acids is 1. The van der Waals surface area contributed by atoms with E-state index in [-0.39, 0.29) is 11.3 Å². The quantitative estimate of drug-likeness (QED) is 0.741. The summed E-state index contributed by atoms with van der Waals surface area (Å²) in [4.78, 5) is 24.0. The minimum Gasteiger partial charge on any atom is -0.545 e. The van der Waals surface area contributed by atoms with Gasteiger partial charge in [0.15, 0.2) is 5.78 Å². The average molecular weight is 330 g/mol. The van der Waals surface area contributed by atoms with E-state index < -0.39 is 5.97 Å². The number of rotatable bonds is 3. The van der Waals surface area contributed by atoms with Crippen molar-refractivity contribution in [1.82, 2.24) is 4.57 Å². The third-order valence-electron chi connectivity index (χ3n) is 4.66. The van der Waals surface area contributed by atoms with Crippen LogP contribution >= 0.6 is 0 Å². The SMILES string of the molecule is O=C([O-])c1ccccc1-n1c(-c2ccccc2)cc2c1CCCC2=O. The van der Waals surface area contributed by atoms with Crippen LogP contribution in [0.2, 0.25) is 0 Å². The van der Waals surface area contributed by atoms with Gasteiger partial charge in [0, 0.05) is 23.2 Å². The number of nitrogens with zero attached hydrogens (tertiary/aromatic N) is 1. The number of para-hydroxylation sites is 1. The molecule has 3 aromatic rings. The molecule has 0 atom stereocenters. The van der Waals surface area contributed by atoms with Gasteiger partial charge in [0.25, 0.3) is 0 Å². The molecule has 0 bridgehead atoms. The number of carbonyl (C=O) groups is 2. The van der Waals surface area contributed by atoms with E-state index in [4.69, 9.17) is 0 Å². The molecule has 0 aliphatic heterocycles. The maximum absolute atomic E-state index is 12.4. The van der Waals surface area contributed by atoms with E-state index in [0.717, 1.165) is 29.8 Å². The number of aromatic nitrogens is 1. The zero-order valence-corrected chi connectivity index (χ0v) is 13.6. The molecule has 124 valence electrons. The van der Waals surface area contributed by atoms with Crippen molar-refractivity contribution in [2.24, 2.45) is 0 Å². The van der Waals surface area contributed by atoms with Crippen LogP contribution in [0, 0.1) is 0 Å². The number of hydrogen-bond acceptors (Lipinski definition) is 3. The molecular weight excluding hydrogens is 314 g/mol. The fourth-order valence-corrected chi connectivity index (χ4v) is 3.53. The van der Waals surface area contributed by atoms with Gasteiger partial charge in [-0.15, -0.1) is 0 Å². The Kier molecular flexibility index (Phi) is 3.73. The highest BCUT2D eigenvalue weighted by Crippen LogP contribution is 2.34. The van der Waals surface area contributed by atoms with Crippen LogP contribution in [0.15, 0.2) is 60.7 Å². The molecule has 1 aliphatic carbocycles. The van der Waals surface area contributed by atoms with Gasteiger partial charge in [-0.3, -0.25) is 4.79 Å². The van der Waals surface area contributed by atoms with E-state index in [1.807, 2.05) is 41.0 Å². The van der Waals surface area contributed by atoms with Gasteiger partial charge in [0.2, 0.25) is 0 Å². The minimum absolute atomic E-state index is 0.114. The Morgan fingerprint density at radius 3 is 2.44 bits per heavy atom. The molecule has 0 N–H and O–H groups in total. The molecule has 1 aromatic heterocycles. The van der Waals surface area contributed by atoms with Gasteiger partial charge >= 0.3 is 0 Å². The van der Waals surface area contributed by atoms with E-state index >= 15 is 0 Å². The van der Waals surface area contributed by atoms with E-state index in [1.54, 1.807) is 18.2 Å². The van der Waals surface area contributed by atoms with Crippen LogP contribution < -0.4 is 5.11 Å². The normalized spacial score (nSPS) is 13.5. The Labute approximate surface area is 145 Å². The zero-order valence-electron chi connectivity index (χ0n) is 13.6. The minimum atomic E-state index is -1.22. The molecule has 0 saturated heterocycles. The molecular formula is C21H16NO3-. The number of fused-ring (bicyclic) bond motifs is 1. The van der Waals surface area contributed by atoms with Gasteiger partial charge in [-0.05, 0) is 30.5 Å². The van der Waals surface area contributed by atoms with Crippen molar-refractivity contribution in [3.63, 3.8) is 0 Å². The predicted molar refractivity (Wildman–Crippen MR) is 92.8 cm³/mol. The first-order chi connectivity index (χ1) is 12.2. The predicted octanol–water partition coefficient (Wildman–Crippen LogP) is 3.03. The molecule has 25 heavy (non-hydrogen) atoms. The highest BCUT2D eigenvalue weighted by atomic mass is 16.4. The van der Waals surface area contributed by atoms with Crippen LogP contribution in [0.1, 0.15) is 39.3 Å². The topological polar surface area (TPSA) is 62.1 Å². The Morgan fingerprint density at radius 2 is 1.68 bits per heavy atom. The molecule has 0 fully saturated rings. The fraction of sp³-hybridized carbons (Fsp3) is 0.143. The first-order valence-electron chi connectivity index (χ1n) is 8.31. The summed E-state index contributed by atoms with van der Waals surface area (Å²) in [6.07, 6.45) is 2.06. The molecule has 2 aromatic carbocycles. The van der Waals surface area contributed by atoms with E-state index in [1.165, 1.54) is 6.07 Å². The van der Waals surface area contributed by atoms with Crippen LogP contribution in [0.25, 0.3) is 16.9 Å². The standard InChI is InChI=1S/C21H17NO3/c23-20-12-6-11-18-16(20)13-19(14-7-2-1-3-8-14)22(18)17-10-5-4-9-15(17)21(24)25/h1-5,7-10,13H,6,11-12H2,(H,24,25)/p-1. The van der Waals surface area contributed by atoms with Crippen molar-refractivity contribution >= 4 is 11.8 Å². The van der Waals surface area contributed by atoms with Crippen molar-refractivity contribution < 1.29 is 14.7 Å². The third kappa shape index (κ3) is 2.56. The van der Waals surface area contributed by atoms with Gasteiger partial charge in [0.1, 0.15) is 0 Å². The van der Waals surface area contributed by atoms with Crippen molar-refractivity contribution in [2.75, 3.05) is 0 Å². The van der Waals surface area contributed by atoms with Crippen molar-refractivity contribution in [3.8, 4) is 16.9 Å². The second kappa shape index (κ2) is 6.06. The molecule has 1 heterocycles. The molecule has 0 saturated carbocycles. The Balaban J connectivity index is 2.05. The van der Waals surface area contributed by atoms with Crippen LogP contribution in [0.3, 0.4) is 0 Å². The lowest BCUT2D eigenvalue weighted by Crippen LogP contribution is -2.24. The lowest BCUT2D eigenvalue weighted by Gasteiger charge is -2.20. The molecule has 4 nitrogen and oxygen atoms in total. The third-order valence-corrected chi connectivity index (χ3v) is 4.66. The number of ketones is 1. The van der Waals surface area contributed by atoms with Gasteiger partial charge in [0.05, 0.1) is 17.4 Å². The maximum atomic E-state index is 12.4. The second-order valence-electron chi connectivity index (χ2n) is 6.17. The maximum Gasteiger partial charge on any atom is 0.164 e. The fourth-order valence-electron chi connectivity index (χ4n) is 3.53. The summed E-state index contributed by atoms with van der Waals surface area (Å²) in [5.41, 5.74) is 4.00. The van der Waals surface area contributed by atoms with Crippen LogP contribution in [0.5, 0.6) is 0 Å². The lowest BCUT2D eigenvalue weighted by molar-refractivity contribution is -0.255. The first kappa shape index (κ1) is 15.4. The average Bonchev–Trinajstić information content (AvgIpc) is 3.03. The van der Waals surface area contributed by atoms with Crippen molar-refractivity contribution in [3.05, 3.63) is 77.5 Å². The summed E-state index contributed by atoms with van der Waals surface area (Å²) in [6, 6.07) is 18.4.